The van der Waals surface area contributed by atoms with Gasteiger partial charge in [0.05, 0.1) is 6.26 Å². The zero-order valence-corrected chi connectivity index (χ0v) is 17.8. The van der Waals surface area contributed by atoms with Gasteiger partial charge in [-0.1, -0.05) is 13.0 Å². The quantitative estimate of drug-likeness (QED) is 0.640. The van der Waals surface area contributed by atoms with E-state index in [1.54, 1.807) is 36.4 Å². The van der Waals surface area contributed by atoms with Gasteiger partial charge in [-0.3, -0.25) is 14.4 Å². The molecule has 1 aliphatic heterocycles. The number of likely N-dealkylation sites (tertiary alicyclic amines) is 1. The number of ether oxygens (including phenoxy) is 1. The van der Waals surface area contributed by atoms with E-state index in [4.69, 9.17) is 9.15 Å². The number of nitrogens with zero attached hydrogens (tertiary/aromatic N) is 1. The van der Waals surface area contributed by atoms with Crippen molar-refractivity contribution in [2.45, 2.75) is 45.1 Å². The number of furan rings is 1. The Bertz CT molecular complexity index is 881. The fourth-order valence-electron chi connectivity index (χ4n) is 3.67. The molecule has 1 fully saturated rings. The van der Waals surface area contributed by atoms with E-state index in [1.165, 1.54) is 12.7 Å². The minimum atomic E-state index is -0.372. The molecule has 166 valence electrons. The van der Waals surface area contributed by atoms with Crippen LogP contribution in [0.4, 0.5) is 5.69 Å². The molecule has 8 nitrogen and oxygen atoms in total. The van der Waals surface area contributed by atoms with E-state index in [-0.39, 0.29) is 43.1 Å². The largest absolute Gasteiger partial charge is 0.484 e. The third kappa shape index (κ3) is 6.60. The fraction of sp³-hybridized carbons (Fsp3) is 0.435. The molecule has 2 N–H and O–H groups in total. The van der Waals surface area contributed by atoms with Crippen molar-refractivity contribution in [2.24, 2.45) is 0 Å². The lowest BCUT2D eigenvalue weighted by molar-refractivity contribution is -0.135. The van der Waals surface area contributed by atoms with Crippen LogP contribution in [0.3, 0.4) is 0 Å². The zero-order valence-electron chi connectivity index (χ0n) is 17.8. The second-order valence-corrected chi connectivity index (χ2v) is 7.49. The van der Waals surface area contributed by atoms with Crippen molar-refractivity contribution in [3.8, 4) is 5.75 Å². The molecule has 1 aliphatic rings. The Morgan fingerprint density at radius 1 is 1.19 bits per heavy atom. The number of carbonyl (C=O) groups excluding carboxylic acids is 3. The van der Waals surface area contributed by atoms with Crippen molar-refractivity contribution < 1.29 is 23.5 Å². The first kappa shape index (κ1) is 22.4. The fourth-order valence-corrected chi connectivity index (χ4v) is 3.67. The summed E-state index contributed by atoms with van der Waals surface area (Å²) in [5, 5.41) is 5.43. The summed E-state index contributed by atoms with van der Waals surface area (Å²) in [5.41, 5.74) is 0.525. The first-order valence-electron chi connectivity index (χ1n) is 10.7. The van der Waals surface area contributed by atoms with Crippen LogP contribution in [-0.4, -0.2) is 48.4 Å². The second kappa shape index (κ2) is 11.2. The van der Waals surface area contributed by atoms with E-state index in [1.807, 2.05) is 4.90 Å². The molecule has 31 heavy (non-hydrogen) atoms. The minimum Gasteiger partial charge on any atom is -0.484 e. The summed E-state index contributed by atoms with van der Waals surface area (Å²) in [7, 11) is 0. The highest BCUT2D eigenvalue weighted by atomic mass is 16.5. The predicted molar refractivity (Wildman–Crippen MR) is 116 cm³/mol. The molecular formula is C23H29N3O5. The Balaban J connectivity index is 1.39. The van der Waals surface area contributed by atoms with Crippen LogP contribution in [0.25, 0.3) is 0 Å². The predicted octanol–water partition coefficient (Wildman–Crippen LogP) is 3.21. The minimum absolute atomic E-state index is 0.0905. The van der Waals surface area contributed by atoms with Crippen LogP contribution in [0.5, 0.6) is 5.75 Å². The van der Waals surface area contributed by atoms with E-state index in [9.17, 15) is 14.4 Å². The number of rotatable bonds is 9. The molecule has 1 unspecified atom stereocenters. The number of hydrogen-bond acceptors (Lipinski definition) is 5. The van der Waals surface area contributed by atoms with Crippen LogP contribution in [0.15, 0.2) is 47.1 Å². The molecule has 0 aliphatic carbocycles. The lowest BCUT2D eigenvalue weighted by Crippen LogP contribution is -2.44. The van der Waals surface area contributed by atoms with Crippen molar-refractivity contribution in [1.29, 1.82) is 0 Å². The molecule has 0 radical (unpaired) electrons. The highest BCUT2D eigenvalue weighted by molar-refractivity contribution is 6.02. The molecular weight excluding hydrogens is 398 g/mol. The average Bonchev–Trinajstić information content (AvgIpc) is 3.33. The summed E-state index contributed by atoms with van der Waals surface area (Å²) in [6, 6.07) is 10.3. The third-order valence-corrected chi connectivity index (χ3v) is 5.29. The Morgan fingerprint density at radius 3 is 2.84 bits per heavy atom. The molecule has 2 aromatic rings. The maximum Gasteiger partial charge on any atom is 0.291 e. The maximum atomic E-state index is 12.4. The first-order chi connectivity index (χ1) is 15.1. The van der Waals surface area contributed by atoms with Gasteiger partial charge in [0.1, 0.15) is 5.75 Å². The lowest BCUT2D eigenvalue weighted by Gasteiger charge is -2.35. The zero-order chi connectivity index (χ0) is 22.1. The highest BCUT2D eigenvalue weighted by Gasteiger charge is 2.24. The van der Waals surface area contributed by atoms with Crippen LogP contribution < -0.4 is 15.4 Å². The molecule has 1 saturated heterocycles. The van der Waals surface area contributed by atoms with Gasteiger partial charge in [0, 0.05) is 37.3 Å². The highest BCUT2D eigenvalue weighted by Crippen LogP contribution is 2.20. The molecule has 0 bridgehead atoms. The van der Waals surface area contributed by atoms with Gasteiger partial charge in [-0.15, -0.1) is 0 Å². The normalized spacial score (nSPS) is 15.9. The molecule has 1 aromatic carbocycles. The molecule has 3 amide bonds. The molecule has 0 spiro atoms. The summed E-state index contributed by atoms with van der Waals surface area (Å²) in [6.07, 6.45) is 5.95. The van der Waals surface area contributed by atoms with Gasteiger partial charge in [0.15, 0.2) is 12.4 Å². The van der Waals surface area contributed by atoms with Crippen molar-refractivity contribution in [2.75, 3.05) is 25.0 Å². The van der Waals surface area contributed by atoms with Crippen LogP contribution in [0, 0.1) is 0 Å². The Morgan fingerprint density at radius 2 is 2.06 bits per heavy atom. The first-order valence-corrected chi connectivity index (χ1v) is 10.7. The maximum absolute atomic E-state index is 12.4. The molecule has 1 aromatic heterocycles. The number of amides is 3. The van der Waals surface area contributed by atoms with Gasteiger partial charge in [0.25, 0.3) is 11.8 Å². The summed E-state index contributed by atoms with van der Waals surface area (Å²) < 4.78 is 10.6. The van der Waals surface area contributed by atoms with Gasteiger partial charge in [-0.05, 0) is 49.9 Å². The van der Waals surface area contributed by atoms with Gasteiger partial charge >= 0.3 is 0 Å². The third-order valence-electron chi connectivity index (χ3n) is 5.29. The number of benzene rings is 1. The molecule has 3 rings (SSSR count). The summed E-state index contributed by atoms with van der Waals surface area (Å²) in [6.45, 7) is 3.02. The molecule has 0 saturated carbocycles. The van der Waals surface area contributed by atoms with E-state index in [0.717, 1.165) is 25.8 Å². The molecule has 1 atom stereocenters. The van der Waals surface area contributed by atoms with E-state index in [2.05, 4.69) is 17.6 Å². The topological polar surface area (TPSA) is 101 Å². The van der Waals surface area contributed by atoms with E-state index < -0.39 is 0 Å². The number of nitrogens with one attached hydrogen (secondary N) is 2. The van der Waals surface area contributed by atoms with Crippen LogP contribution in [0.1, 0.15) is 49.6 Å². The Labute approximate surface area is 181 Å². The van der Waals surface area contributed by atoms with Crippen LogP contribution in [-0.2, 0) is 9.59 Å². The second-order valence-electron chi connectivity index (χ2n) is 7.49. The van der Waals surface area contributed by atoms with Gasteiger partial charge in [0.2, 0.25) is 5.91 Å². The monoisotopic (exact) mass is 427 g/mol. The Kier molecular flexibility index (Phi) is 8.09. The smallest absolute Gasteiger partial charge is 0.291 e. The van der Waals surface area contributed by atoms with Crippen LogP contribution in [0.2, 0.25) is 0 Å². The summed E-state index contributed by atoms with van der Waals surface area (Å²) in [4.78, 5) is 38.5. The van der Waals surface area contributed by atoms with E-state index in [0.29, 0.717) is 17.5 Å². The number of anilines is 1. The number of hydrogen-bond donors (Lipinski definition) is 2. The Hall–Kier alpha value is -3.29. The van der Waals surface area contributed by atoms with Gasteiger partial charge < -0.3 is 24.7 Å². The summed E-state index contributed by atoms with van der Waals surface area (Å²) >= 11 is 0. The SMILES string of the molecule is CCC1CCCCN1C(=O)CCNC(=O)COc1cccc(NC(=O)c2ccco2)c1. The number of piperidine rings is 1. The van der Waals surface area contributed by atoms with Gasteiger partial charge in [-0.2, -0.15) is 0 Å². The molecule has 8 heteroatoms. The van der Waals surface area contributed by atoms with Crippen molar-refractivity contribution >= 4 is 23.4 Å². The standard InChI is InChI=1S/C23H29N3O5/c1-2-18-8-3-4-13-26(18)22(28)11-12-24-21(27)16-31-19-9-5-7-17(15-19)25-23(29)20-10-6-14-30-20/h5-7,9-10,14-15,18H,2-4,8,11-13,16H2,1H3,(H,24,27)(H,25,29). The number of carbonyl (C=O) groups is 3. The lowest BCUT2D eigenvalue weighted by atomic mass is 9.99. The van der Waals surface area contributed by atoms with Crippen molar-refractivity contribution in [3.63, 3.8) is 0 Å². The average molecular weight is 428 g/mol. The van der Waals surface area contributed by atoms with Crippen molar-refractivity contribution in [3.05, 3.63) is 48.4 Å². The van der Waals surface area contributed by atoms with E-state index >= 15 is 0 Å². The van der Waals surface area contributed by atoms with Crippen molar-refractivity contribution in [1.82, 2.24) is 10.2 Å². The van der Waals surface area contributed by atoms with Crippen LogP contribution >= 0.6 is 0 Å². The van der Waals surface area contributed by atoms with Gasteiger partial charge in [-0.25, -0.2) is 0 Å². The summed E-state index contributed by atoms with van der Waals surface area (Å²) in [5.74, 6) is 0.0671. The molecule has 2 heterocycles.